The van der Waals surface area contributed by atoms with Crippen LogP contribution in [0.5, 0.6) is 0 Å². The smallest absolute Gasteiger partial charge is 0.236 e. The lowest BCUT2D eigenvalue weighted by atomic mass is 10.2. The van der Waals surface area contributed by atoms with Crippen molar-refractivity contribution in [1.29, 1.82) is 0 Å². The second kappa shape index (κ2) is 2.25. The maximum Gasteiger partial charge on any atom is 0.236 e. The molecule has 0 N–H and O–H groups in total. The van der Waals surface area contributed by atoms with Crippen molar-refractivity contribution >= 4 is 0 Å². The second-order valence-electron chi connectivity index (χ2n) is 2.47. The predicted octanol–water partition coefficient (Wildman–Crippen LogP) is 1.45. The lowest BCUT2D eigenvalue weighted by Crippen LogP contribution is -2.22. The number of hydrogen-bond acceptors (Lipinski definition) is 2. The molecule has 3 nitrogen and oxygen atoms in total. The van der Waals surface area contributed by atoms with Crippen molar-refractivity contribution in [1.82, 2.24) is 5.53 Å². The second-order valence-corrected chi connectivity index (χ2v) is 2.47. The number of rotatable bonds is 1. The third kappa shape index (κ3) is 1.23. The van der Waals surface area contributed by atoms with E-state index >= 15 is 0 Å². The first kappa shape index (κ1) is 6.99. The first-order valence-corrected chi connectivity index (χ1v) is 3.06. The third-order valence-electron chi connectivity index (χ3n) is 1.34. The fraction of sp³-hybridized carbons (Fsp3) is 0.429. The Labute approximate surface area is 59.9 Å². The molecule has 0 aromatic heterocycles. The molecule has 1 aliphatic rings. The van der Waals surface area contributed by atoms with Gasteiger partial charge in [-0.15, -0.1) is 5.11 Å². The summed E-state index contributed by atoms with van der Waals surface area (Å²) in [5, 5.41) is 3.06. The Morgan fingerprint density at radius 3 is 2.80 bits per heavy atom. The molecule has 0 aromatic carbocycles. The minimum Gasteiger partial charge on any atom is -0.468 e. The Kier molecular flexibility index (Phi) is 1.57. The lowest BCUT2D eigenvalue weighted by molar-refractivity contribution is 0.0833. The van der Waals surface area contributed by atoms with E-state index in [1.165, 1.54) is 0 Å². The topological polar surface area (TPSA) is 43.9 Å². The first-order valence-electron chi connectivity index (χ1n) is 3.06. The van der Waals surface area contributed by atoms with Crippen molar-refractivity contribution in [3.63, 3.8) is 0 Å². The van der Waals surface area contributed by atoms with Crippen molar-refractivity contribution in [2.24, 2.45) is 5.11 Å². The molecule has 0 saturated carbocycles. The molecule has 1 atom stereocenters. The van der Waals surface area contributed by atoms with Crippen LogP contribution in [0.25, 0.3) is 0 Å². The summed E-state index contributed by atoms with van der Waals surface area (Å²) >= 11 is 0. The Balaban J connectivity index is 2.76. The van der Waals surface area contributed by atoms with Crippen LogP contribution in [0.4, 0.5) is 0 Å². The number of allylic oxidation sites excluding steroid dienone is 2. The molecular weight excluding hydrogens is 128 g/mol. The monoisotopic (exact) mass is 137 g/mol. The van der Waals surface area contributed by atoms with E-state index in [9.17, 15) is 0 Å². The summed E-state index contributed by atoms with van der Waals surface area (Å²) in [6, 6.07) is 0. The Morgan fingerprint density at radius 2 is 2.40 bits per heavy atom. The average Bonchev–Trinajstić information content (AvgIpc) is 1.96. The van der Waals surface area contributed by atoms with Gasteiger partial charge < -0.3 is 4.74 Å². The highest BCUT2D eigenvalue weighted by Gasteiger charge is 2.21. The van der Waals surface area contributed by atoms with Gasteiger partial charge >= 0.3 is 0 Å². The van der Waals surface area contributed by atoms with Gasteiger partial charge in [0.2, 0.25) is 5.72 Å². The quantitative estimate of drug-likeness (QED) is 0.504. The average molecular weight is 137 g/mol. The molecular formula is C7H9N2O. The van der Waals surface area contributed by atoms with E-state index in [1.807, 2.05) is 13.0 Å². The van der Waals surface area contributed by atoms with Crippen molar-refractivity contribution in [2.75, 3.05) is 0 Å². The van der Waals surface area contributed by atoms with Gasteiger partial charge in [0.15, 0.2) is 0 Å². The minimum absolute atomic E-state index is 0.875. The summed E-state index contributed by atoms with van der Waals surface area (Å²) in [5.41, 5.74) is 8.60. The standard InChI is InChI=1S/C7H9N2O/c1-6-3-4-7(2,9-8)10-5-6/h3-5H,1-2H3. The molecule has 53 valence electrons. The largest absolute Gasteiger partial charge is 0.468 e. The Bertz CT molecular complexity index is 208. The zero-order valence-electron chi connectivity index (χ0n) is 6.03. The molecule has 0 saturated heterocycles. The highest BCUT2D eigenvalue weighted by Crippen LogP contribution is 2.19. The Hall–Kier alpha value is -1.12. The van der Waals surface area contributed by atoms with E-state index in [1.54, 1.807) is 19.3 Å². The molecule has 1 heterocycles. The van der Waals surface area contributed by atoms with Gasteiger partial charge in [-0.3, -0.25) is 0 Å². The summed E-state index contributed by atoms with van der Waals surface area (Å²) in [4.78, 5) is 0. The van der Waals surface area contributed by atoms with E-state index in [0.29, 0.717) is 0 Å². The fourth-order valence-corrected chi connectivity index (χ4v) is 0.634. The van der Waals surface area contributed by atoms with Crippen LogP contribution < -0.4 is 5.53 Å². The molecule has 10 heavy (non-hydrogen) atoms. The molecule has 3 heteroatoms. The van der Waals surface area contributed by atoms with Crippen molar-refractivity contribution < 1.29 is 4.74 Å². The van der Waals surface area contributed by atoms with Crippen LogP contribution in [0.2, 0.25) is 0 Å². The number of ether oxygens (including phenoxy) is 1. The molecule has 1 unspecified atom stereocenters. The van der Waals surface area contributed by atoms with Crippen LogP contribution in [0.1, 0.15) is 13.8 Å². The summed E-state index contributed by atoms with van der Waals surface area (Å²) < 4.78 is 5.06. The Morgan fingerprint density at radius 1 is 1.70 bits per heavy atom. The van der Waals surface area contributed by atoms with E-state index < -0.39 is 5.72 Å². The van der Waals surface area contributed by atoms with Gasteiger partial charge in [-0.25, -0.2) is 0 Å². The van der Waals surface area contributed by atoms with Crippen LogP contribution in [0, 0.1) is 0 Å². The van der Waals surface area contributed by atoms with Gasteiger partial charge in [0.25, 0.3) is 0 Å². The fourth-order valence-electron chi connectivity index (χ4n) is 0.634. The van der Waals surface area contributed by atoms with Gasteiger partial charge in [0, 0.05) is 6.92 Å². The predicted molar refractivity (Wildman–Crippen MR) is 36.9 cm³/mol. The summed E-state index contributed by atoms with van der Waals surface area (Å²) in [5.74, 6) is 0. The summed E-state index contributed by atoms with van der Waals surface area (Å²) in [7, 11) is 0. The van der Waals surface area contributed by atoms with Crippen LogP contribution >= 0.6 is 0 Å². The number of nitrogens with zero attached hydrogens (tertiary/aromatic N) is 2. The molecule has 0 bridgehead atoms. The first-order chi connectivity index (χ1) is 4.66. The SMILES string of the molecule is CC1=COC(C)(N=[N])C=C1. The van der Waals surface area contributed by atoms with Crippen molar-refractivity contribution in [3.05, 3.63) is 24.0 Å². The van der Waals surface area contributed by atoms with Gasteiger partial charge in [0.1, 0.15) is 0 Å². The van der Waals surface area contributed by atoms with E-state index in [0.717, 1.165) is 5.57 Å². The molecule has 0 aromatic rings. The summed E-state index contributed by atoms with van der Waals surface area (Å²) in [6.45, 7) is 3.58. The van der Waals surface area contributed by atoms with Crippen molar-refractivity contribution in [3.8, 4) is 0 Å². The molecule has 1 rings (SSSR count). The van der Waals surface area contributed by atoms with E-state index in [2.05, 4.69) is 5.11 Å². The lowest BCUT2D eigenvalue weighted by Gasteiger charge is -2.21. The highest BCUT2D eigenvalue weighted by atomic mass is 16.5. The third-order valence-corrected chi connectivity index (χ3v) is 1.34. The van der Waals surface area contributed by atoms with Gasteiger partial charge in [-0.05, 0) is 24.1 Å². The van der Waals surface area contributed by atoms with Gasteiger partial charge in [-0.1, -0.05) is 6.08 Å². The maximum atomic E-state index is 8.46. The van der Waals surface area contributed by atoms with E-state index in [4.69, 9.17) is 10.3 Å². The van der Waals surface area contributed by atoms with Crippen LogP contribution in [-0.4, -0.2) is 5.72 Å². The zero-order chi connectivity index (χ0) is 7.61. The molecule has 1 aliphatic heterocycles. The van der Waals surface area contributed by atoms with Gasteiger partial charge in [-0.2, -0.15) is 0 Å². The van der Waals surface area contributed by atoms with Crippen molar-refractivity contribution in [2.45, 2.75) is 19.6 Å². The molecule has 0 amide bonds. The molecule has 0 aliphatic carbocycles. The molecule has 1 radical (unpaired) electrons. The number of hydrogen-bond donors (Lipinski definition) is 0. The minimum atomic E-state index is -0.875. The highest BCUT2D eigenvalue weighted by molar-refractivity contribution is 5.20. The zero-order valence-corrected chi connectivity index (χ0v) is 6.03. The molecule has 0 spiro atoms. The van der Waals surface area contributed by atoms with Gasteiger partial charge in [0.05, 0.1) is 6.26 Å². The van der Waals surface area contributed by atoms with Crippen LogP contribution in [0.15, 0.2) is 29.1 Å². The summed E-state index contributed by atoms with van der Waals surface area (Å²) in [6.07, 6.45) is 5.12. The normalized spacial score (nSPS) is 30.8. The maximum absolute atomic E-state index is 8.46. The van der Waals surface area contributed by atoms with Crippen LogP contribution in [-0.2, 0) is 4.74 Å². The molecule has 0 fully saturated rings. The van der Waals surface area contributed by atoms with Crippen LogP contribution in [0.3, 0.4) is 0 Å². The van der Waals surface area contributed by atoms with E-state index in [-0.39, 0.29) is 0 Å².